The van der Waals surface area contributed by atoms with E-state index in [2.05, 4.69) is 15.3 Å². The molecule has 8 nitrogen and oxygen atoms in total. The van der Waals surface area contributed by atoms with Crippen molar-refractivity contribution < 1.29 is 45.4 Å². The molecule has 2 atom stereocenters. The van der Waals surface area contributed by atoms with Crippen LogP contribution in [0.4, 0.5) is 26.3 Å². The molecular weight excluding hydrogens is 558 g/mol. The quantitative estimate of drug-likeness (QED) is 0.413. The van der Waals surface area contributed by atoms with E-state index in [0.29, 0.717) is 5.56 Å². The number of methoxy groups -OCH3 is 2. The average Bonchev–Trinajstić information content (AvgIpc) is 2.95. The SMILES string of the molecule is COc1cc(C(=O)N2CC[C@@H](NC(=O)c3ncccc3C(F)(F)F)[C@H](c3ccc(C(F)(F)F)cc3)C2)cnc1OC. The fourth-order valence-electron chi connectivity index (χ4n) is 4.65. The Kier molecular flexibility index (Phi) is 8.40. The van der Waals surface area contributed by atoms with Gasteiger partial charge in [-0.3, -0.25) is 14.6 Å². The van der Waals surface area contributed by atoms with Crippen LogP contribution >= 0.6 is 0 Å². The van der Waals surface area contributed by atoms with Crippen LogP contribution in [0.15, 0.2) is 54.9 Å². The lowest BCUT2D eigenvalue weighted by Crippen LogP contribution is -2.51. The Morgan fingerprint density at radius 3 is 2.29 bits per heavy atom. The van der Waals surface area contributed by atoms with Crippen LogP contribution in [-0.2, 0) is 12.4 Å². The molecule has 1 aliphatic rings. The monoisotopic (exact) mass is 582 g/mol. The second-order valence-corrected chi connectivity index (χ2v) is 9.18. The molecule has 1 aliphatic heterocycles. The molecule has 0 aliphatic carbocycles. The molecule has 41 heavy (non-hydrogen) atoms. The fourth-order valence-corrected chi connectivity index (χ4v) is 4.65. The number of hydrogen-bond donors (Lipinski definition) is 1. The zero-order valence-corrected chi connectivity index (χ0v) is 21.7. The van der Waals surface area contributed by atoms with E-state index < -0.39 is 52.9 Å². The molecule has 14 heteroatoms. The minimum absolute atomic E-state index is 0.0577. The van der Waals surface area contributed by atoms with E-state index in [1.165, 1.54) is 43.5 Å². The van der Waals surface area contributed by atoms with Crippen molar-refractivity contribution in [2.75, 3.05) is 27.3 Å². The Morgan fingerprint density at radius 1 is 0.976 bits per heavy atom. The first-order valence-electron chi connectivity index (χ1n) is 12.2. The molecular formula is C27H24F6N4O4. The number of rotatable bonds is 6. The van der Waals surface area contributed by atoms with Gasteiger partial charge in [0.1, 0.15) is 5.69 Å². The van der Waals surface area contributed by atoms with Gasteiger partial charge in [0, 0.05) is 43.5 Å². The van der Waals surface area contributed by atoms with Crippen LogP contribution in [0.3, 0.4) is 0 Å². The number of carbonyl (C=O) groups excluding carboxylic acids is 2. The van der Waals surface area contributed by atoms with Crippen molar-refractivity contribution >= 4 is 11.8 Å². The molecule has 1 saturated heterocycles. The summed E-state index contributed by atoms with van der Waals surface area (Å²) in [5, 5.41) is 2.56. The molecule has 0 spiro atoms. The van der Waals surface area contributed by atoms with Gasteiger partial charge >= 0.3 is 12.4 Å². The number of benzene rings is 1. The number of likely N-dealkylation sites (tertiary alicyclic amines) is 1. The standard InChI is InChI=1S/C27H24F6N4O4/c1-40-21-12-16(13-35-24(21)41-2)25(39)37-11-9-20(18(14-37)15-5-7-17(8-6-15)26(28,29)30)36-23(38)22-19(27(31,32)33)4-3-10-34-22/h3-8,10,12-13,18,20H,9,11,14H2,1-2H3,(H,36,38)/t18-,20+/m0/s1. The van der Waals surface area contributed by atoms with Gasteiger partial charge in [-0.2, -0.15) is 26.3 Å². The van der Waals surface area contributed by atoms with Crippen LogP contribution < -0.4 is 14.8 Å². The molecule has 2 aromatic heterocycles. The van der Waals surface area contributed by atoms with E-state index in [1.54, 1.807) is 0 Å². The predicted molar refractivity (Wildman–Crippen MR) is 133 cm³/mol. The van der Waals surface area contributed by atoms with Crippen molar-refractivity contribution in [3.8, 4) is 11.6 Å². The highest BCUT2D eigenvalue weighted by Crippen LogP contribution is 2.35. The first-order chi connectivity index (χ1) is 19.3. The Morgan fingerprint density at radius 2 is 1.68 bits per heavy atom. The summed E-state index contributed by atoms with van der Waals surface area (Å²) >= 11 is 0. The van der Waals surface area contributed by atoms with Crippen LogP contribution in [0, 0.1) is 0 Å². The minimum atomic E-state index is -4.84. The third kappa shape index (κ3) is 6.52. The van der Waals surface area contributed by atoms with Crippen LogP contribution in [0.25, 0.3) is 0 Å². The summed E-state index contributed by atoms with van der Waals surface area (Å²) in [6.07, 6.45) is -7.00. The Balaban J connectivity index is 1.64. The summed E-state index contributed by atoms with van der Waals surface area (Å²) in [4.78, 5) is 35.4. The van der Waals surface area contributed by atoms with Crippen molar-refractivity contribution in [3.63, 3.8) is 0 Å². The molecule has 3 aromatic rings. The van der Waals surface area contributed by atoms with E-state index in [0.717, 1.165) is 30.5 Å². The zero-order valence-electron chi connectivity index (χ0n) is 21.7. The minimum Gasteiger partial charge on any atom is -0.491 e. The number of hydrogen-bond acceptors (Lipinski definition) is 6. The number of nitrogens with one attached hydrogen (secondary N) is 1. The van der Waals surface area contributed by atoms with Crippen molar-refractivity contribution in [1.29, 1.82) is 0 Å². The largest absolute Gasteiger partial charge is 0.491 e. The normalized spacial score (nSPS) is 17.6. The summed E-state index contributed by atoms with van der Waals surface area (Å²) in [5.74, 6) is -1.96. The summed E-state index contributed by atoms with van der Waals surface area (Å²) in [5.41, 5.74) is -2.45. The third-order valence-corrected chi connectivity index (χ3v) is 6.69. The highest BCUT2D eigenvalue weighted by atomic mass is 19.4. The molecule has 2 amide bonds. The Labute approximate surface area is 230 Å². The van der Waals surface area contributed by atoms with Crippen molar-refractivity contribution in [2.45, 2.75) is 30.7 Å². The number of ether oxygens (including phenoxy) is 2. The molecule has 4 rings (SSSR count). The number of carbonyl (C=O) groups is 2. The van der Waals surface area contributed by atoms with Crippen molar-refractivity contribution in [3.05, 3.63) is 82.8 Å². The maximum absolute atomic E-state index is 13.5. The predicted octanol–water partition coefficient (Wildman–Crippen LogP) is 4.96. The average molecular weight is 583 g/mol. The smallest absolute Gasteiger partial charge is 0.418 e. The maximum atomic E-state index is 13.5. The number of piperidine rings is 1. The lowest BCUT2D eigenvalue weighted by molar-refractivity contribution is -0.138. The second-order valence-electron chi connectivity index (χ2n) is 9.18. The highest BCUT2D eigenvalue weighted by molar-refractivity contribution is 5.95. The Bertz CT molecular complexity index is 1410. The number of pyridine rings is 2. The van der Waals surface area contributed by atoms with E-state index in [-0.39, 0.29) is 36.7 Å². The first kappa shape index (κ1) is 29.6. The molecule has 1 aromatic carbocycles. The number of amides is 2. The Hall–Kier alpha value is -4.36. The fraction of sp³-hybridized carbons (Fsp3) is 0.333. The molecule has 0 bridgehead atoms. The second kappa shape index (κ2) is 11.6. The summed E-state index contributed by atoms with van der Waals surface area (Å²) in [7, 11) is 2.75. The van der Waals surface area contributed by atoms with E-state index in [9.17, 15) is 35.9 Å². The molecule has 0 unspecified atom stereocenters. The first-order valence-corrected chi connectivity index (χ1v) is 12.2. The number of nitrogens with zero attached hydrogens (tertiary/aromatic N) is 3. The van der Waals surface area contributed by atoms with E-state index in [1.807, 2.05) is 0 Å². The topological polar surface area (TPSA) is 93.7 Å². The molecule has 0 radical (unpaired) electrons. The van der Waals surface area contributed by atoms with Gasteiger partial charge in [0.2, 0.25) is 0 Å². The van der Waals surface area contributed by atoms with Crippen molar-refractivity contribution in [2.24, 2.45) is 0 Å². The molecule has 218 valence electrons. The lowest BCUT2D eigenvalue weighted by Gasteiger charge is -2.39. The number of aromatic nitrogens is 2. The zero-order chi connectivity index (χ0) is 29.9. The molecule has 3 heterocycles. The van der Waals surface area contributed by atoms with Gasteiger partial charge < -0.3 is 19.7 Å². The van der Waals surface area contributed by atoms with E-state index >= 15 is 0 Å². The summed E-state index contributed by atoms with van der Waals surface area (Å²) < 4.78 is 90.3. The van der Waals surface area contributed by atoms with Gasteiger partial charge in [-0.15, -0.1) is 0 Å². The van der Waals surface area contributed by atoms with Crippen LogP contribution in [0.5, 0.6) is 11.6 Å². The van der Waals surface area contributed by atoms with E-state index in [4.69, 9.17) is 9.47 Å². The van der Waals surface area contributed by atoms with Gasteiger partial charge in [-0.1, -0.05) is 12.1 Å². The van der Waals surface area contributed by atoms with Crippen LogP contribution in [-0.4, -0.2) is 60.0 Å². The molecule has 0 saturated carbocycles. The van der Waals surface area contributed by atoms with Gasteiger partial charge in [0.15, 0.2) is 5.75 Å². The van der Waals surface area contributed by atoms with Gasteiger partial charge in [0.25, 0.3) is 17.7 Å². The summed E-state index contributed by atoms with van der Waals surface area (Å²) in [6.45, 7) is 0.0292. The van der Waals surface area contributed by atoms with Gasteiger partial charge in [-0.25, -0.2) is 4.98 Å². The third-order valence-electron chi connectivity index (χ3n) is 6.69. The van der Waals surface area contributed by atoms with Crippen LogP contribution in [0.2, 0.25) is 0 Å². The summed E-state index contributed by atoms with van der Waals surface area (Å²) in [6, 6.07) is 6.57. The lowest BCUT2D eigenvalue weighted by atomic mass is 9.85. The number of alkyl halides is 6. The number of halogens is 6. The van der Waals surface area contributed by atoms with Crippen LogP contribution in [0.1, 0.15) is 49.9 Å². The van der Waals surface area contributed by atoms with Crippen molar-refractivity contribution in [1.82, 2.24) is 20.2 Å². The molecule has 1 N–H and O–H groups in total. The maximum Gasteiger partial charge on any atom is 0.418 e. The molecule has 1 fully saturated rings. The van der Waals surface area contributed by atoms with Gasteiger partial charge in [0.05, 0.1) is 30.9 Å². The highest BCUT2D eigenvalue weighted by Gasteiger charge is 2.39. The van der Waals surface area contributed by atoms with Gasteiger partial charge in [-0.05, 0) is 36.2 Å².